The van der Waals surface area contributed by atoms with Gasteiger partial charge in [0.1, 0.15) is 0 Å². The van der Waals surface area contributed by atoms with Gasteiger partial charge in [0.05, 0.1) is 17.3 Å². The molecule has 1 aromatic rings. The quantitative estimate of drug-likeness (QED) is 0.832. The number of carbonyl (C=O) groups excluding carboxylic acids is 1. The first-order valence-corrected chi connectivity index (χ1v) is 7.48. The van der Waals surface area contributed by atoms with E-state index in [-0.39, 0.29) is 5.91 Å². The number of hydrogen-bond donors (Lipinski definition) is 2. The van der Waals surface area contributed by atoms with E-state index in [2.05, 4.69) is 36.1 Å². The number of nitrogen functional groups attached to an aromatic ring is 1. The maximum atomic E-state index is 12.1. The van der Waals surface area contributed by atoms with Crippen LogP contribution in [-0.2, 0) is 4.79 Å². The van der Waals surface area contributed by atoms with Gasteiger partial charge < -0.3 is 16.0 Å². The Bertz CT molecular complexity index is 520. The smallest absolute Gasteiger partial charge is 0.238 e. The molecular formula is C15H23ClN4O. The summed E-state index contributed by atoms with van der Waals surface area (Å²) in [7, 11) is 4.16. The Balaban J connectivity index is 1.92. The van der Waals surface area contributed by atoms with Crippen molar-refractivity contribution in [2.24, 2.45) is 5.92 Å². The fourth-order valence-corrected chi connectivity index (χ4v) is 3.05. The second-order valence-electron chi connectivity index (χ2n) is 5.99. The summed E-state index contributed by atoms with van der Waals surface area (Å²) in [6.45, 7) is 4.43. The molecule has 1 fully saturated rings. The highest BCUT2D eigenvalue weighted by atomic mass is 35.5. The number of anilines is 2. The number of likely N-dealkylation sites (N-methyl/N-ethyl adjacent to an activating group) is 1. The highest BCUT2D eigenvalue weighted by Gasteiger charge is 2.31. The standard InChI is InChI=1S/C15H23ClN4O/c1-10-7-20(8-14(10)19(2)3)9-15(21)18-13-6-11(17)4-5-12(13)16/h4-6,10,14H,7-9,17H2,1-3H3,(H,18,21). The van der Waals surface area contributed by atoms with Crippen LogP contribution in [0.1, 0.15) is 6.92 Å². The number of nitrogens with one attached hydrogen (secondary N) is 1. The Morgan fingerprint density at radius 2 is 2.19 bits per heavy atom. The summed E-state index contributed by atoms with van der Waals surface area (Å²) in [5, 5.41) is 3.33. The van der Waals surface area contributed by atoms with Gasteiger partial charge in [0.15, 0.2) is 0 Å². The number of benzene rings is 1. The van der Waals surface area contributed by atoms with Gasteiger partial charge in [-0.25, -0.2) is 0 Å². The van der Waals surface area contributed by atoms with Crippen LogP contribution in [0, 0.1) is 5.92 Å². The third-order valence-electron chi connectivity index (χ3n) is 3.94. The van der Waals surface area contributed by atoms with E-state index in [9.17, 15) is 4.79 Å². The fourth-order valence-electron chi connectivity index (χ4n) is 2.88. The van der Waals surface area contributed by atoms with Crippen LogP contribution in [0.2, 0.25) is 5.02 Å². The highest BCUT2D eigenvalue weighted by molar-refractivity contribution is 6.33. The van der Waals surface area contributed by atoms with E-state index < -0.39 is 0 Å². The van der Waals surface area contributed by atoms with Gasteiger partial charge in [-0.3, -0.25) is 9.69 Å². The molecule has 1 aliphatic heterocycles. The summed E-state index contributed by atoms with van der Waals surface area (Å²) in [6.07, 6.45) is 0. The van der Waals surface area contributed by atoms with Crippen LogP contribution in [0.15, 0.2) is 18.2 Å². The number of likely N-dealkylation sites (tertiary alicyclic amines) is 1. The molecule has 0 aliphatic carbocycles. The monoisotopic (exact) mass is 310 g/mol. The summed E-state index contributed by atoms with van der Waals surface area (Å²) < 4.78 is 0. The lowest BCUT2D eigenvalue weighted by Crippen LogP contribution is -2.36. The summed E-state index contributed by atoms with van der Waals surface area (Å²) in [6, 6.07) is 5.57. The maximum absolute atomic E-state index is 12.1. The van der Waals surface area contributed by atoms with Gasteiger partial charge in [0, 0.05) is 24.8 Å². The molecule has 116 valence electrons. The van der Waals surface area contributed by atoms with Crippen LogP contribution in [-0.4, -0.2) is 55.5 Å². The van der Waals surface area contributed by atoms with E-state index in [0.717, 1.165) is 13.1 Å². The van der Waals surface area contributed by atoms with E-state index in [1.165, 1.54) is 0 Å². The normalized spacial score (nSPS) is 22.7. The SMILES string of the molecule is CC1CN(CC(=O)Nc2cc(N)ccc2Cl)CC1N(C)C. The lowest BCUT2D eigenvalue weighted by Gasteiger charge is -2.22. The van der Waals surface area contributed by atoms with Crippen molar-refractivity contribution < 1.29 is 4.79 Å². The number of halogens is 1. The molecule has 2 atom stereocenters. The fraction of sp³-hybridized carbons (Fsp3) is 0.533. The van der Waals surface area contributed by atoms with Crippen molar-refractivity contribution in [1.82, 2.24) is 9.80 Å². The topological polar surface area (TPSA) is 61.6 Å². The van der Waals surface area contributed by atoms with Crippen LogP contribution in [0.25, 0.3) is 0 Å². The molecule has 0 bridgehead atoms. The number of amides is 1. The Morgan fingerprint density at radius 3 is 2.81 bits per heavy atom. The van der Waals surface area contributed by atoms with Crippen molar-refractivity contribution in [3.05, 3.63) is 23.2 Å². The van der Waals surface area contributed by atoms with Crippen molar-refractivity contribution in [3.63, 3.8) is 0 Å². The lowest BCUT2D eigenvalue weighted by molar-refractivity contribution is -0.117. The molecule has 0 aromatic heterocycles. The molecular weight excluding hydrogens is 288 g/mol. The molecule has 1 saturated heterocycles. The van der Waals surface area contributed by atoms with Crippen molar-refractivity contribution in [3.8, 4) is 0 Å². The van der Waals surface area contributed by atoms with Crippen molar-refractivity contribution in [2.45, 2.75) is 13.0 Å². The van der Waals surface area contributed by atoms with E-state index >= 15 is 0 Å². The number of rotatable bonds is 4. The van der Waals surface area contributed by atoms with E-state index in [4.69, 9.17) is 17.3 Å². The van der Waals surface area contributed by atoms with Crippen LogP contribution in [0.5, 0.6) is 0 Å². The van der Waals surface area contributed by atoms with Gasteiger partial charge in [-0.05, 0) is 38.2 Å². The van der Waals surface area contributed by atoms with Gasteiger partial charge in [0.2, 0.25) is 5.91 Å². The molecule has 0 saturated carbocycles. The first-order chi connectivity index (χ1) is 9.86. The van der Waals surface area contributed by atoms with Crippen LogP contribution >= 0.6 is 11.6 Å². The van der Waals surface area contributed by atoms with E-state index in [1.54, 1.807) is 18.2 Å². The zero-order valence-corrected chi connectivity index (χ0v) is 13.5. The Hall–Kier alpha value is -1.30. The number of hydrogen-bond acceptors (Lipinski definition) is 4. The average molecular weight is 311 g/mol. The molecule has 21 heavy (non-hydrogen) atoms. The molecule has 3 N–H and O–H groups in total. The predicted molar refractivity (Wildman–Crippen MR) is 87.6 cm³/mol. The lowest BCUT2D eigenvalue weighted by atomic mass is 10.1. The maximum Gasteiger partial charge on any atom is 0.238 e. The second-order valence-corrected chi connectivity index (χ2v) is 6.40. The molecule has 2 unspecified atom stereocenters. The van der Waals surface area contributed by atoms with Crippen LogP contribution in [0.3, 0.4) is 0 Å². The molecule has 1 aromatic carbocycles. The minimum absolute atomic E-state index is 0.0610. The molecule has 0 spiro atoms. The summed E-state index contributed by atoms with van der Waals surface area (Å²) in [4.78, 5) is 16.5. The minimum atomic E-state index is -0.0610. The predicted octanol–water partition coefficient (Wildman–Crippen LogP) is 1.74. The molecule has 1 heterocycles. The van der Waals surface area contributed by atoms with Crippen molar-refractivity contribution in [1.29, 1.82) is 0 Å². The number of carbonyl (C=O) groups is 1. The van der Waals surface area contributed by atoms with Crippen molar-refractivity contribution in [2.75, 3.05) is 44.8 Å². The molecule has 5 nitrogen and oxygen atoms in total. The number of nitrogens with zero attached hydrogens (tertiary/aromatic N) is 2. The first kappa shape index (κ1) is 16.1. The zero-order valence-electron chi connectivity index (χ0n) is 12.8. The molecule has 0 radical (unpaired) electrons. The van der Waals surface area contributed by atoms with Crippen LogP contribution < -0.4 is 11.1 Å². The molecule has 1 amide bonds. The van der Waals surface area contributed by atoms with Gasteiger partial charge in [-0.15, -0.1) is 0 Å². The summed E-state index contributed by atoms with van der Waals surface area (Å²) in [5.74, 6) is 0.498. The average Bonchev–Trinajstić information content (AvgIpc) is 2.74. The van der Waals surface area contributed by atoms with E-state index in [0.29, 0.717) is 34.9 Å². The van der Waals surface area contributed by atoms with Gasteiger partial charge >= 0.3 is 0 Å². The van der Waals surface area contributed by atoms with Gasteiger partial charge in [-0.2, -0.15) is 0 Å². The van der Waals surface area contributed by atoms with Crippen molar-refractivity contribution >= 4 is 28.9 Å². The zero-order chi connectivity index (χ0) is 15.6. The molecule has 1 aliphatic rings. The largest absolute Gasteiger partial charge is 0.399 e. The molecule has 2 rings (SSSR count). The molecule has 6 heteroatoms. The minimum Gasteiger partial charge on any atom is -0.399 e. The summed E-state index contributed by atoms with van der Waals surface area (Å²) in [5.41, 5.74) is 6.86. The third-order valence-corrected chi connectivity index (χ3v) is 4.27. The van der Waals surface area contributed by atoms with Crippen LogP contribution in [0.4, 0.5) is 11.4 Å². The van der Waals surface area contributed by atoms with E-state index in [1.807, 2.05) is 0 Å². The Morgan fingerprint density at radius 1 is 1.48 bits per heavy atom. The Labute approximate surface area is 131 Å². The number of nitrogens with two attached hydrogens (primary N) is 1. The van der Waals surface area contributed by atoms with Gasteiger partial charge in [-0.1, -0.05) is 18.5 Å². The Kier molecular flexibility index (Phi) is 5.08. The third kappa shape index (κ3) is 4.09. The summed E-state index contributed by atoms with van der Waals surface area (Å²) >= 11 is 6.05. The first-order valence-electron chi connectivity index (χ1n) is 7.10. The van der Waals surface area contributed by atoms with Gasteiger partial charge in [0.25, 0.3) is 0 Å². The second kappa shape index (κ2) is 6.64. The highest BCUT2D eigenvalue weighted by Crippen LogP contribution is 2.24.